The van der Waals surface area contributed by atoms with Gasteiger partial charge in [-0.25, -0.2) is 4.68 Å². The lowest BCUT2D eigenvalue weighted by atomic mass is 10.3. The first-order valence-corrected chi connectivity index (χ1v) is 7.43. The second kappa shape index (κ2) is 6.55. The SMILES string of the molecule is Cc1nn(-c2ccc(Nc3ccc([N+](=O)[O-])cc3)nn2)c(C)c1[N+](=O)[O-]. The molecule has 1 N–H and O–H groups in total. The third kappa shape index (κ3) is 3.17. The summed E-state index contributed by atoms with van der Waals surface area (Å²) >= 11 is 0. The highest BCUT2D eigenvalue weighted by Crippen LogP contribution is 2.24. The van der Waals surface area contributed by atoms with Gasteiger partial charge < -0.3 is 5.32 Å². The van der Waals surface area contributed by atoms with Crippen molar-refractivity contribution in [3.8, 4) is 5.82 Å². The van der Waals surface area contributed by atoms with Crippen LogP contribution in [0.1, 0.15) is 11.4 Å². The second-order valence-electron chi connectivity index (χ2n) is 5.39. The van der Waals surface area contributed by atoms with Crippen LogP contribution in [0.15, 0.2) is 36.4 Å². The summed E-state index contributed by atoms with van der Waals surface area (Å²) < 4.78 is 1.36. The molecule has 0 bridgehead atoms. The summed E-state index contributed by atoms with van der Waals surface area (Å²) in [6, 6.07) is 9.10. The van der Waals surface area contributed by atoms with E-state index in [1.165, 1.54) is 16.8 Å². The summed E-state index contributed by atoms with van der Waals surface area (Å²) in [6.45, 7) is 3.14. The minimum atomic E-state index is -0.480. The Morgan fingerprint density at radius 2 is 1.65 bits per heavy atom. The summed E-state index contributed by atoms with van der Waals surface area (Å²) in [4.78, 5) is 20.8. The van der Waals surface area contributed by atoms with Gasteiger partial charge in [0.05, 0.1) is 9.85 Å². The van der Waals surface area contributed by atoms with Crippen molar-refractivity contribution < 1.29 is 9.85 Å². The molecule has 2 heterocycles. The molecule has 0 radical (unpaired) electrons. The first-order chi connectivity index (χ1) is 12.4. The topological polar surface area (TPSA) is 142 Å². The molecule has 0 aliphatic carbocycles. The smallest absolute Gasteiger partial charge is 0.313 e. The minimum Gasteiger partial charge on any atom is -0.339 e. The normalized spacial score (nSPS) is 10.5. The summed E-state index contributed by atoms with van der Waals surface area (Å²) in [5.74, 6) is 0.756. The molecular formula is C15H13N7O4. The number of nitrogens with zero attached hydrogens (tertiary/aromatic N) is 6. The first-order valence-electron chi connectivity index (χ1n) is 7.43. The summed E-state index contributed by atoms with van der Waals surface area (Å²) in [7, 11) is 0. The van der Waals surface area contributed by atoms with Crippen molar-refractivity contribution in [1.29, 1.82) is 0 Å². The van der Waals surface area contributed by atoms with Crippen LogP contribution in [0.4, 0.5) is 22.9 Å². The van der Waals surface area contributed by atoms with Crippen LogP contribution in [0.5, 0.6) is 0 Å². The van der Waals surface area contributed by atoms with E-state index in [4.69, 9.17) is 0 Å². The third-order valence-corrected chi connectivity index (χ3v) is 3.65. The molecule has 11 heteroatoms. The molecule has 0 spiro atoms. The van der Waals surface area contributed by atoms with E-state index < -0.39 is 9.85 Å². The van der Waals surface area contributed by atoms with Crippen molar-refractivity contribution in [2.24, 2.45) is 0 Å². The second-order valence-corrected chi connectivity index (χ2v) is 5.39. The number of hydrogen-bond acceptors (Lipinski definition) is 8. The van der Waals surface area contributed by atoms with E-state index in [9.17, 15) is 20.2 Å². The van der Waals surface area contributed by atoms with E-state index in [2.05, 4.69) is 20.6 Å². The highest BCUT2D eigenvalue weighted by Gasteiger charge is 2.23. The van der Waals surface area contributed by atoms with Gasteiger partial charge in [0.15, 0.2) is 11.6 Å². The molecule has 0 unspecified atom stereocenters. The first kappa shape index (κ1) is 17.0. The third-order valence-electron chi connectivity index (χ3n) is 3.65. The standard InChI is InChI=1S/C15H13N7O4/c1-9-15(22(25)26)10(2)20(19-9)14-8-7-13(17-18-14)16-11-3-5-12(6-4-11)21(23)24/h3-8H,1-2H3,(H,16,17). The maximum atomic E-state index is 11.1. The van der Waals surface area contributed by atoms with Gasteiger partial charge in [0.25, 0.3) is 5.69 Å². The van der Waals surface area contributed by atoms with Crippen molar-refractivity contribution in [1.82, 2.24) is 20.0 Å². The number of nitrogens with one attached hydrogen (secondary N) is 1. The van der Waals surface area contributed by atoms with E-state index in [1.54, 1.807) is 38.1 Å². The quantitative estimate of drug-likeness (QED) is 0.544. The van der Waals surface area contributed by atoms with E-state index in [-0.39, 0.29) is 11.4 Å². The van der Waals surface area contributed by atoms with Crippen molar-refractivity contribution in [3.05, 3.63) is 68.0 Å². The molecule has 3 rings (SSSR count). The zero-order valence-corrected chi connectivity index (χ0v) is 13.8. The van der Waals surface area contributed by atoms with Gasteiger partial charge in [-0.2, -0.15) is 5.10 Å². The lowest BCUT2D eigenvalue weighted by Gasteiger charge is -2.06. The zero-order chi connectivity index (χ0) is 18.8. The summed E-state index contributed by atoms with van der Waals surface area (Å²) in [5.41, 5.74) is 1.20. The van der Waals surface area contributed by atoms with Crippen LogP contribution in [0.25, 0.3) is 5.82 Å². The summed E-state index contributed by atoms with van der Waals surface area (Å²) in [6.07, 6.45) is 0. The van der Waals surface area contributed by atoms with Gasteiger partial charge >= 0.3 is 5.69 Å². The van der Waals surface area contributed by atoms with Gasteiger partial charge in [0, 0.05) is 17.8 Å². The van der Waals surface area contributed by atoms with Crippen LogP contribution in [0, 0.1) is 34.1 Å². The highest BCUT2D eigenvalue weighted by molar-refractivity contribution is 5.58. The molecule has 0 saturated heterocycles. The molecule has 26 heavy (non-hydrogen) atoms. The lowest BCUT2D eigenvalue weighted by Crippen LogP contribution is -2.05. The minimum absolute atomic E-state index is 0.0110. The number of hydrogen-bond donors (Lipinski definition) is 1. The predicted octanol–water partition coefficient (Wildman–Crippen LogP) is 2.84. The molecule has 11 nitrogen and oxygen atoms in total. The number of nitro groups is 2. The van der Waals surface area contributed by atoms with Gasteiger partial charge in [0.1, 0.15) is 11.4 Å². The van der Waals surface area contributed by atoms with Crippen LogP contribution < -0.4 is 5.32 Å². The Labute approximate surface area is 146 Å². The van der Waals surface area contributed by atoms with E-state index >= 15 is 0 Å². The highest BCUT2D eigenvalue weighted by atomic mass is 16.6. The average molecular weight is 355 g/mol. The van der Waals surface area contributed by atoms with Crippen molar-refractivity contribution in [3.63, 3.8) is 0 Å². The Kier molecular flexibility index (Phi) is 4.27. The number of aryl methyl sites for hydroxylation is 1. The van der Waals surface area contributed by atoms with Gasteiger partial charge in [-0.05, 0) is 38.1 Å². The van der Waals surface area contributed by atoms with Crippen LogP contribution in [0.2, 0.25) is 0 Å². The monoisotopic (exact) mass is 355 g/mol. The van der Waals surface area contributed by atoms with Gasteiger partial charge in [-0.1, -0.05) is 0 Å². The zero-order valence-electron chi connectivity index (χ0n) is 13.8. The van der Waals surface area contributed by atoms with Crippen LogP contribution in [-0.2, 0) is 0 Å². The molecule has 3 aromatic rings. The largest absolute Gasteiger partial charge is 0.339 e. The molecule has 0 aliphatic rings. The molecule has 0 atom stereocenters. The Bertz CT molecular complexity index is 980. The van der Waals surface area contributed by atoms with Crippen molar-refractivity contribution in [2.75, 3.05) is 5.32 Å². The Morgan fingerprint density at radius 1 is 0.962 bits per heavy atom. The van der Waals surface area contributed by atoms with Crippen LogP contribution in [-0.4, -0.2) is 29.8 Å². The molecule has 132 valence electrons. The maximum Gasteiger partial charge on any atom is 0.313 e. The van der Waals surface area contributed by atoms with Gasteiger partial charge in [0.2, 0.25) is 0 Å². The van der Waals surface area contributed by atoms with E-state index in [0.717, 1.165) is 0 Å². The number of aromatic nitrogens is 4. The number of nitro benzene ring substituents is 1. The van der Waals surface area contributed by atoms with Gasteiger partial charge in [-0.15, -0.1) is 10.2 Å². The maximum absolute atomic E-state index is 11.1. The molecule has 0 amide bonds. The van der Waals surface area contributed by atoms with Crippen molar-refractivity contribution >= 4 is 22.9 Å². The Morgan fingerprint density at radius 3 is 2.15 bits per heavy atom. The number of non-ortho nitro benzene ring substituents is 1. The molecule has 1 aromatic carbocycles. The fraction of sp³-hybridized carbons (Fsp3) is 0.133. The number of anilines is 2. The van der Waals surface area contributed by atoms with E-state index in [1.807, 2.05) is 0 Å². The molecular weight excluding hydrogens is 342 g/mol. The fourth-order valence-corrected chi connectivity index (χ4v) is 2.44. The number of benzene rings is 1. The molecule has 0 aliphatic heterocycles. The Balaban J connectivity index is 1.82. The number of rotatable bonds is 5. The average Bonchev–Trinajstić information content (AvgIpc) is 2.90. The molecule has 0 fully saturated rings. The Hall–Kier alpha value is -3.89. The van der Waals surface area contributed by atoms with Crippen LogP contribution >= 0.6 is 0 Å². The molecule has 2 aromatic heterocycles. The van der Waals surface area contributed by atoms with E-state index in [0.29, 0.717) is 28.7 Å². The van der Waals surface area contributed by atoms with Gasteiger partial charge in [-0.3, -0.25) is 20.2 Å². The van der Waals surface area contributed by atoms with Crippen LogP contribution in [0.3, 0.4) is 0 Å². The van der Waals surface area contributed by atoms with Crippen molar-refractivity contribution in [2.45, 2.75) is 13.8 Å². The summed E-state index contributed by atoms with van der Waals surface area (Å²) in [5, 5.41) is 36.8. The molecule has 0 saturated carbocycles. The predicted molar refractivity (Wildman–Crippen MR) is 91.7 cm³/mol. The lowest BCUT2D eigenvalue weighted by molar-refractivity contribution is -0.386. The fourth-order valence-electron chi connectivity index (χ4n) is 2.44.